The third-order valence-corrected chi connectivity index (χ3v) is 3.23. The molecule has 9 heteroatoms. The molecule has 19 heavy (non-hydrogen) atoms. The van der Waals surface area contributed by atoms with Gasteiger partial charge in [0.25, 0.3) is 0 Å². The maximum absolute atomic E-state index is 11.8. The second kappa shape index (κ2) is 4.92. The van der Waals surface area contributed by atoms with E-state index >= 15 is 0 Å². The van der Waals surface area contributed by atoms with Gasteiger partial charge in [-0.3, -0.25) is 24.6 Å². The Hall–Kier alpha value is -2.03. The molecule has 0 radical (unpaired) electrons. The number of hydrogen-bond donors (Lipinski definition) is 1. The fraction of sp³-hybridized carbons (Fsp3) is 0.300. The normalized spacial score (nSPS) is 18.7. The van der Waals surface area contributed by atoms with Gasteiger partial charge in [0, 0.05) is 29.7 Å². The van der Waals surface area contributed by atoms with E-state index in [1.807, 2.05) is 0 Å². The van der Waals surface area contributed by atoms with Crippen molar-refractivity contribution < 1.29 is 14.5 Å². The maximum Gasteiger partial charge on any atom is 0.313 e. The summed E-state index contributed by atoms with van der Waals surface area (Å²) in [5, 5.41) is 11.0. The van der Waals surface area contributed by atoms with Gasteiger partial charge < -0.3 is 5.73 Å². The zero-order chi connectivity index (χ0) is 14.2. The molecular weight excluding hydrogens is 320 g/mol. The van der Waals surface area contributed by atoms with Gasteiger partial charge in [-0.05, 0) is 15.9 Å². The Labute approximate surface area is 115 Å². The summed E-state index contributed by atoms with van der Waals surface area (Å²) in [5.41, 5.74) is 4.84. The number of halogens is 1. The van der Waals surface area contributed by atoms with Gasteiger partial charge in [0.2, 0.25) is 17.6 Å². The number of amides is 2. The number of pyridine rings is 1. The number of carbonyl (C=O) groups is 2. The van der Waals surface area contributed by atoms with E-state index in [-0.39, 0.29) is 24.5 Å². The smallest absolute Gasteiger partial charge is 0.313 e. The zero-order valence-corrected chi connectivity index (χ0v) is 11.2. The average Bonchev–Trinajstić information content (AvgIpc) is 2.71. The average molecular weight is 329 g/mol. The molecule has 1 aromatic heterocycles. The van der Waals surface area contributed by atoms with Gasteiger partial charge in [0.15, 0.2) is 0 Å². The Kier molecular flexibility index (Phi) is 3.47. The summed E-state index contributed by atoms with van der Waals surface area (Å²) < 4.78 is 0.432. The fourth-order valence-electron chi connectivity index (χ4n) is 1.87. The Morgan fingerprint density at radius 3 is 2.84 bits per heavy atom. The van der Waals surface area contributed by atoms with Crippen LogP contribution in [0.2, 0.25) is 0 Å². The summed E-state index contributed by atoms with van der Waals surface area (Å²) in [7, 11) is 0. The van der Waals surface area contributed by atoms with Crippen LogP contribution < -0.4 is 10.6 Å². The van der Waals surface area contributed by atoms with Crippen LogP contribution in [0.25, 0.3) is 0 Å². The largest absolute Gasteiger partial charge is 0.369 e. The van der Waals surface area contributed by atoms with Crippen molar-refractivity contribution in [1.29, 1.82) is 0 Å². The topological polar surface area (TPSA) is 119 Å². The highest BCUT2D eigenvalue weighted by Gasteiger charge is 2.37. The van der Waals surface area contributed by atoms with E-state index in [1.54, 1.807) is 0 Å². The van der Waals surface area contributed by atoms with Crippen molar-refractivity contribution in [2.24, 2.45) is 11.7 Å². The second-order valence-electron chi connectivity index (χ2n) is 4.06. The minimum atomic E-state index is -0.641. The number of hydrogen-bond acceptors (Lipinski definition) is 5. The van der Waals surface area contributed by atoms with Crippen LogP contribution in [0.5, 0.6) is 0 Å². The summed E-state index contributed by atoms with van der Waals surface area (Å²) in [5.74, 6) is -1.71. The van der Waals surface area contributed by atoms with Crippen molar-refractivity contribution in [3.8, 4) is 0 Å². The molecule has 8 nitrogen and oxygen atoms in total. The first-order chi connectivity index (χ1) is 8.90. The molecule has 0 aromatic carbocycles. The van der Waals surface area contributed by atoms with Gasteiger partial charge in [0.1, 0.15) is 0 Å². The number of carbonyl (C=O) groups excluding carboxylic acids is 2. The number of primary amides is 1. The molecule has 1 fully saturated rings. The molecule has 2 rings (SSSR count). The highest BCUT2D eigenvalue weighted by molar-refractivity contribution is 9.10. The van der Waals surface area contributed by atoms with Crippen molar-refractivity contribution in [1.82, 2.24) is 4.98 Å². The number of anilines is 1. The lowest BCUT2D eigenvalue weighted by Crippen LogP contribution is -2.29. The summed E-state index contributed by atoms with van der Waals surface area (Å²) in [4.78, 5) is 38.2. The van der Waals surface area contributed by atoms with Gasteiger partial charge in [-0.25, -0.2) is 4.98 Å². The first-order valence-corrected chi connectivity index (χ1v) is 6.09. The van der Waals surface area contributed by atoms with Crippen molar-refractivity contribution in [2.45, 2.75) is 6.42 Å². The summed E-state index contributed by atoms with van der Waals surface area (Å²) in [6.45, 7) is 0.0175. The fourth-order valence-corrected chi connectivity index (χ4v) is 2.19. The molecule has 0 bridgehead atoms. The lowest BCUT2D eigenvalue weighted by molar-refractivity contribution is -0.384. The van der Waals surface area contributed by atoms with Crippen LogP contribution in [-0.4, -0.2) is 28.3 Å². The highest BCUT2D eigenvalue weighted by atomic mass is 79.9. The number of rotatable bonds is 3. The van der Waals surface area contributed by atoms with E-state index in [1.165, 1.54) is 12.3 Å². The van der Waals surface area contributed by atoms with Crippen molar-refractivity contribution in [2.75, 3.05) is 11.4 Å². The molecule has 2 heterocycles. The Balaban J connectivity index is 2.40. The third kappa shape index (κ3) is 2.55. The van der Waals surface area contributed by atoms with Gasteiger partial charge in [-0.1, -0.05) is 0 Å². The molecule has 1 saturated heterocycles. The predicted octanol–water partition coefficient (Wildman–Crippen LogP) is 0.590. The molecule has 1 aromatic rings. The molecule has 0 spiro atoms. The van der Waals surface area contributed by atoms with Gasteiger partial charge in [0.05, 0.1) is 10.8 Å². The number of nitrogens with two attached hydrogens (primary N) is 1. The summed E-state index contributed by atoms with van der Waals surface area (Å²) >= 11 is 3.08. The molecule has 2 N–H and O–H groups in total. The Bertz CT molecular complexity index is 577. The molecule has 1 aliphatic rings. The second-order valence-corrected chi connectivity index (χ2v) is 4.98. The lowest BCUT2D eigenvalue weighted by Gasteiger charge is -2.14. The quantitative estimate of drug-likeness (QED) is 0.643. The number of nitrogens with zero attached hydrogens (tertiary/aromatic N) is 3. The van der Waals surface area contributed by atoms with E-state index in [0.717, 1.165) is 4.90 Å². The molecule has 1 aliphatic heterocycles. The van der Waals surface area contributed by atoms with Crippen LogP contribution in [0.3, 0.4) is 0 Å². The minimum absolute atomic E-state index is 0.0175. The van der Waals surface area contributed by atoms with Crippen LogP contribution in [0.15, 0.2) is 16.7 Å². The summed E-state index contributed by atoms with van der Waals surface area (Å²) in [6, 6.07) is 1.26. The minimum Gasteiger partial charge on any atom is -0.369 e. The van der Waals surface area contributed by atoms with Gasteiger partial charge >= 0.3 is 5.69 Å². The third-order valence-electron chi connectivity index (χ3n) is 2.79. The maximum atomic E-state index is 11.8. The van der Waals surface area contributed by atoms with Crippen LogP contribution in [0.4, 0.5) is 11.5 Å². The molecule has 100 valence electrons. The standard InChI is InChI=1S/C10H9BrN4O4/c11-6-2-7(15(18)19)10(13-3-6)14-4-5(9(12)17)1-8(14)16/h2-3,5H,1,4H2,(H2,12,17). The SMILES string of the molecule is NC(=O)C1CC(=O)N(c2ncc(Br)cc2[N+](=O)[O-])C1. The monoisotopic (exact) mass is 328 g/mol. The zero-order valence-electron chi connectivity index (χ0n) is 9.58. The first kappa shape index (κ1) is 13.4. The van der Waals surface area contributed by atoms with Crippen LogP contribution in [-0.2, 0) is 9.59 Å². The molecule has 2 amide bonds. The highest BCUT2D eigenvalue weighted by Crippen LogP contribution is 2.32. The van der Waals surface area contributed by atoms with Crippen LogP contribution in [0.1, 0.15) is 6.42 Å². The molecule has 0 aliphatic carbocycles. The lowest BCUT2D eigenvalue weighted by atomic mass is 10.1. The van der Waals surface area contributed by atoms with E-state index in [4.69, 9.17) is 5.73 Å². The van der Waals surface area contributed by atoms with E-state index in [9.17, 15) is 19.7 Å². The van der Waals surface area contributed by atoms with Crippen molar-refractivity contribution >= 4 is 39.2 Å². The van der Waals surface area contributed by atoms with Crippen molar-refractivity contribution in [3.05, 3.63) is 26.9 Å². The van der Waals surface area contributed by atoms with Gasteiger partial charge in [-0.15, -0.1) is 0 Å². The Morgan fingerprint density at radius 2 is 2.32 bits per heavy atom. The van der Waals surface area contributed by atoms with Gasteiger partial charge in [-0.2, -0.15) is 0 Å². The first-order valence-electron chi connectivity index (χ1n) is 5.29. The molecule has 1 unspecified atom stereocenters. The van der Waals surface area contributed by atoms with Crippen molar-refractivity contribution in [3.63, 3.8) is 0 Å². The molecular formula is C10H9BrN4O4. The molecule has 0 saturated carbocycles. The number of nitro groups is 1. The van der Waals surface area contributed by atoms with E-state index < -0.39 is 22.7 Å². The predicted molar refractivity (Wildman–Crippen MR) is 68.2 cm³/mol. The summed E-state index contributed by atoms with van der Waals surface area (Å²) in [6.07, 6.45) is 1.30. The van der Waals surface area contributed by atoms with Crippen LogP contribution in [0, 0.1) is 16.0 Å². The van der Waals surface area contributed by atoms with E-state index in [0.29, 0.717) is 4.47 Å². The van der Waals surface area contributed by atoms with Crippen LogP contribution >= 0.6 is 15.9 Å². The Morgan fingerprint density at radius 1 is 1.63 bits per heavy atom. The van der Waals surface area contributed by atoms with E-state index in [2.05, 4.69) is 20.9 Å². The number of aromatic nitrogens is 1. The molecule has 1 atom stereocenters.